The fourth-order valence-electron chi connectivity index (χ4n) is 3.82. The number of nitrogens with zero attached hydrogens (tertiary/aromatic N) is 2. The largest absolute Gasteiger partial charge is 0.334 e. The molecule has 0 bridgehead atoms. The van der Waals surface area contributed by atoms with Gasteiger partial charge in [0.15, 0.2) is 0 Å². The molecule has 0 radical (unpaired) electrons. The van der Waals surface area contributed by atoms with Crippen LogP contribution in [0.5, 0.6) is 0 Å². The standard InChI is InChI=1S/C23H25N3O2/c1-16-7-9-17(10-8-16)11-18-14-26(15-18)23(28)24-13-20-12-19-5-3-4-6-21(19)25(2)22(20)27/h3-10,12,18H,11,13-15H2,1-2H3,(H,24,28). The third-order valence-corrected chi connectivity index (χ3v) is 5.53. The number of carbonyl (C=O) groups excluding carboxylic acids is 1. The van der Waals surface area contributed by atoms with Crippen LogP contribution in [0.25, 0.3) is 10.9 Å². The van der Waals surface area contributed by atoms with Gasteiger partial charge in [-0.2, -0.15) is 0 Å². The second-order valence-corrected chi connectivity index (χ2v) is 7.71. The van der Waals surface area contributed by atoms with E-state index in [1.165, 1.54) is 11.1 Å². The number of amides is 2. The van der Waals surface area contributed by atoms with Gasteiger partial charge >= 0.3 is 6.03 Å². The highest BCUT2D eigenvalue weighted by atomic mass is 16.2. The molecule has 1 aromatic heterocycles. The lowest BCUT2D eigenvalue weighted by atomic mass is 9.92. The van der Waals surface area contributed by atoms with E-state index in [9.17, 15) is 9.59 Å². The maximum atomic E-state index is 12.5. The number of hydrogen-bond donors (Lipinski definition) is 1. The van der Waals surface area contributed by atoms with E-state index in [1.807, 2.05) is 35.2 Å². The molecule has 4 rings (SSSR count). The second-order valence-electron chi connectivity index (χ2n) is 7.71. The minimum atomic E-state index is -0.102. The summed E-state index contributed by atoms with van der Waals surface area (Å²) in [6.07, 6.45) is 0.995. The third-order valence-electron chi connectivity index (χ3n) is 5.53. The Morgan fingerprint density at radius 1 is 1.11 bits per heavy atom. The zero-order valence-electron chi connectivity index (χ0n) is 16.3. The topological polar surface area (TPSA) is 54.3 Å². The van der Waals surface area contributed by atoms with Crippen molar-refractivity contribution in [2.75, 3.05) is 13.1 Å². The average Bonchev–Trinajstić information content (AvgIpc) is 2.67. The highest BCUT2D eigenvalue weighted by molar-refractivity contribution is 5.80. The van der Waals surface area contributed by atoms with Crippen LogP contribution in [-0.2, 0) is 20.0 Å². The summed E-state index contributed by atoms with van der Waals surface area (Å²) >= 11 is 0. The molecule has 2 amide bonds. The molecule has 1 aliphatic rings. The fourth-order valence-corrected chi connectivity index (χ4v) is 3.82. The van der Waals surface area contributed by atoms with Gasteiger partial charge in [0.2, 0.25) is 0 Å². The number of pyridine rings is 1. The monoisotopic (exact) mass is 375 g/mol. The van der Waals surface area contributed by atoms with Gasteiger partial charge in [-0.1, -0.05) is 48.0 Å². The van der Waals surface area contributed by atoms with Crippen LogP contribution in [0.4, 0.5) is 4.79 Å². The Kier molecular flexibility index (Phi) is 4.90. The molecule has 28 heavy (non-hydrogen) atoms. The first-order valence-corrected chi connectivity index (χ1v) is 9.67. The summed E-state index contributed by atoms with van der Waals surface area (Å²) < 4.78 is 1.64. The number of fused-ring (bicyclic) bond motifs is 1. The van der Waals surface area contributed by atoms with Crippen LogP contribution >= 0.6 is 0 Å². The van der Waals surface area contributed by atoms with Crippen LogP contribution in [0.3, 0.4) is 0 Å². The maximum Gasteiger partial charge on any atom is 0.317 e. The quantitative estimate of drug-likeness (QED) is 0.761. The Bertz CT molecular complexity index is 1060. The Labute approximate surface area is 164 Å². The van der Waals surface area contributed by atoms with Crippen molar-refractivity contribution in [3.8, 4) is 0 Å². The number of urea groups is 1. The van der Waals surface area contributed by atoms with Crippen molar-refractivity contribution in [3.05, 3.63) is 81.6 Å². The predicted octanol–water partition coefficient (Wildman–Crippen LogP) is 3.23. The van der Waals surface area contributed by atoms with E-state index in [4.69, 9.17) is 0 Å². The zero-order chi connectivity index (χ0) is 19.7. The minimum absolute atomic E-state index is 0.0696. The van der Waals surface area contributed by atoms with Crippen LogP contribution < -0.4 is 10.9 Å². The number of carbonyl (C=O) groups is 1. The molecule has 1 aliphatic heterocycles. The van der Waals surface area contributed by atoms with Crippen molar-refractivity contribution >= 4 is 16.9 Å². The van der Waals surface area contributed by atoms with Crippen molar-refractivity contribution in [2.24, 2.45) is 13.0 Å². The summed E-state index contributed by atoms with van der Waals surface area (Å²) in [6.45, 7) is 3.85. The molecule has 1 N–H and O–H groups in total. The van der Waals surface area contributed by atoms with Crippen molar-refractivity contribution in [3.63, 3.8) is 0 Å². The summed E-state index contributed by atoms with van der Waals surface area (Å²) in [5, 5.41) is 3.90. The molecular weight excluding hydrogens is 350 g/mol. The molecule has 144 valence electrons. The summed E-state index contributed by atoms with van der Waals surface area (Å²) in [5.74, 6) is 0.502. The average molecular weight is 375 g/mol. The molecule has 2 aromatic carbocycles. The Balaban J connectivity index is 1.33. The summed E-state index contributed by atoms with van der Waals surface area (Å²) in [6, 6.07) is 18.1. The van der Waals surface area contributed by atoms with E-state index in [-0.39, 0.29) is 18.1 Å². The Morgan fingerprint density at radius 3 is 2.57 bits per heavy atom. The molecule has 5 nitrogen and oxygen atoms in total. The van der Waals surface area contributed by atoms with E-state index >= 15 is 0 Å². The van der Waals surface area contributed by atoms with E-state index < -0.39 is 0 Å². The molecule has 0 atom stereocenters. The van der Waals surface area contributed by atoms with E-state index in [0.29, 0.717) is 11.5 Å². The van der Waals surface area contributed by atoms with Gasteiger partial charge in [-0.15, -0.1) is 0 Å². The smallest absolute Gasteiger partial charge is 0.317 e. The molecule has 0 saturated carbocycles. The summed E-state index contributed by atoms with van der Waals surface area (Å²) in [4.78, 5) is 26.7. The van der Waals surface area contributed by atoms with Crippen LogP contribution in [0.1, 0.15) is 16.7 Å². The summed E-state index contributed by atoms with van der Waals surface area (Å²) in [5.41, 5.74) is 4.00. The maximum absolute atomic E-state index is 12.5. The third kappa shape index (κ3) is 3.65. The molecule has 0 aliphatic carbocycles. The molecule has 1 saturated heterocycles. The summed E-state index contributed by atoms with van der Waals surface area (Å²) in [7, 11) is 1.76. The van der Waals surface area contributed by atoms with Crippen molar-refractivity contribution < 1.29 is 4.79 Å². The molecule has 0 spiro atoms. The van der Waals surface area contributed by atoms with Crippen molar-refractivity contribution in [1.29, 1.82) is 0 Å². The van der Waals surface area contributed by atoms with E-state index in [0.717, 1.165) is 30.4 Å². The lowest BCUT2D eigenvalue weighted by Gasteiger charge is -2.39. The van der Waals surface area contributed by atoms with Gasteiger partial charge in [0, 0.05) is 32.2 Å². The van der Waals surface area contributed by atoms with Crippen LogP contribution in [0.2, 0.25) is 0 Å². The van der Waals surface area contributed by atoms with Gasteiger partial charge in [-0.05, 0) is 42.3 Å². The number of rotatable bonds is 4. The molecule has 3 aromatic rings. The molecular formula is C23H25N3O2. The number of aryl methyl sites for hydroxylation is 2. The highest BCUT2D eigenvalue weighted by Gasteiger charge is 2.30. The SMILES string of the molecule is Cc1ccc(CC2CN(C(=O)NCc3cc4ccccc4n(C)c3=O)C2)cc1. The van der Waals surface area contributed by atoms with Gasteiger partial charge < -0.3 is 14.8 Å². The lowest BCUT2D eigenvalue weighted by molar-refractivity contribution is 0.120. The number of likely N-dealkylation sites (tertiary alicyclic amines) is 1. The van der Waals surface area contributed by atoms with Crippen LogP contribution in [-0.4, -0.2) is 28.6 Å². The molecule has 5 heteroatoms. The Hall–Kier alpha value is -3.08. The van der Waals surface area contributed by atoms with E-state index in [1.54, 1.807) is 11.6 Å². The van der Waals surface area contributed by atoms with Gasteiger partial charge in [-0.25, -0.2) is 4.79 Å². The minimum Gasteiger partial charge on any atom is -0.334 e. The van der Waals surface area contributed by atoms with Crippen molar-refractivity contribution in [1.82, 2.24) is 14.8 Å². The van der Waals surface area contributed by atoms with Gasteiger partial charge in [0.05, 0.1) is 5.52 Å². The van der Waals surface area contributed by atoms with Gasteiger partial charge in [-0.3, -0.25) is 4.79 Å². The molecule has 2 heterocycles. The number of aromatic nitrogens is 1. The van der Waals surface area contributed by atoms with Crippen LogP contribution in [0, 0.1) is 12.8 Å². The van der Waals surface area contributed by atoms with Gasteiger partial charge in [0.1, 0.15) is 0 Å². The number of benzene rings is 2. The molecule has 0 unspecified atom stereocenters. The first-order chi connectivity index (χ1) is 13.5. The number of nitrogens with one attached hydrogen (secondary N) is 1. The second kappa shape index (κ2) is 7.50. The zero-order valence-corrected chi connectivity index (χ0v) is 16.3. The number of para-hydroxylation sites is 1. The van der Waals surface area contributed by atoms with Gasteiger partial charge in [0.25, 0.3) is 5.56 Å². The lowest BCUT2D eigenvalue weighted by Crippen LogP contribution is -2.54. The molecule has 1 fully saturated rings. The Morgan fingerprint density at radius 2 is 1.82 bits per heavy atom. The predicted molar refractivity (Wildman–Crippen MR) is 111 cm³/mol. The first kappa shape index (κ1) is 18.3. The fraction of sp³-hybridized carbons (Fsp3) is 0.304. The van der Waals surface area contributed by atoms with Crippen LogP contribution in [0.15, 0.2) is 59.4 Å². The van der Waals surface area contributed by atoms with E-state index in [2.05, 4.69) is 36.5 Å². The first-order valence-electron chi connectivity index (χ1n) is 9.67. The normalized spacial score (nSPS) is 14.1. The van der Waals surface area contributed by atoms with Crippen molar-refractivity contribution in [2.45, 2.75) is 19.9 Å². The number of hydrogen-bond acceptors (Lipinski definition) is 2. The highest BCUT2D eigenvalue weighted by Crippen LogP contribution is 2.21.